The van der Waals surface area contributed by atoms with E-state index in [0.717, 1.165) is 27.4 Å². The molecular weight excluding hydrogens is 379 g/mol. The summed E-state index contributed by atoms with van der Waals surface area (Å²) in [6.07, 6.45) is -4.74. The lowest BCUT2D eigenvalue weighted by Gasteiger charge is -2.15. The fourth-order valence-electron chi connectivity index (χ4n) is 2.46. The van der Waals surface area contributed by atoms with E-state index in [9.17, 15) is 18.0 Å². The molecule has 1 aromatic heterocycles. The number of benzene rings is 2. The Kier molecular flexibility index (Phi) is 5.62. The van der Waals surface area contributed by atoms with Crippen LogP contribution in [0.25, 0.3) is 10.2 Å². The molecule has 0 spiro atoms. The Morgan fingerprint density at radius 3 is 2.56 bits per heavy atom. The second-order valence-corrected chi connectivity index (χ2v) is 6.98. The van der Waals surface area contributed by atoms with Gasteiger partial charge in [0.2, 0.25) is 5.91 Å². The van der Waals surface area contributed by atoms with Crippen LogP contribution in [0.15, 0.2) is 48.5 Å². The molecule has 2 aromatic carbocycles. The number of fused-ring (bicyclic) bond motifs is 1. The van der Waals surface area contributed by atoms with Crippen LogP contribution in [-0.4, -0.2) is 35.7 Å². The molecule has 3 aromatic rings. The molecule has 0 bridgehead atoms. The summed E-state index contributed by atoms with van der Waals surface area (Å²) in [5, 5.41) is 3.54. The average Bonchev–Trinajstić information content (AvgIpc) is 2.97. The predicted molar refractivity (Wildman–Crippen MR) is 97.7 cm³/mol. The lowest BCUT2D eigenvalue weighted by Crippen LogP contribution is -2.29. The quantitative estimate of drug-likeness (QED) is 0.678. The highest BCUT2D eigenvalue weighted by Crippen LogP contribution is 2.24. The first kappa shape index (κ1) is 19.1. The molecule has 1 amide bonds. The number of para-hydroxylation sites is 1. The largest absolute Gasteiger partial charge is 0.573 e. The van der Waals surface area contributed by atoms with Crippen molar-refractivity contribution in [3.05, 3.63) is 53.5 Å². The number of nitrogens with one attached hydrogen (secondary N) is 1. The normalized spacial score (nSPS) is 11.7. The highest BCUT2D eigenvalue weighted by Gasteiger charge is 2.30. The van der Waals surface area contributed by atoms with Gasteiger partial charge in [-0.05, 0) is 43.4 Å². The van der Waals surface area contributed by atoms with Crippen LogP contribution in [0.3, 0.4) is 0 Å². The van der Waals surface area contributed by atoms with Gasteiger partial charge in [-0.3, -0.25) is 9.69 Å². The van der Waals surface area contributed by atoms with Crippen molar-refractivity contribution in [2.75, 3.05) is 18.9 Å². The topological polar surface area (TPSA) is 54.5 Å². The third kappa shape index (κ3) is 5.66. The summed E-state index contributed by atoms with van der Waals surface area (Å²) in [7, 11) is 1.80. The molecule has 9 heteroatoms. The van der Waals surface area contributed by atoms with E-state index in [2.05, 4.69) is 15.0 Å². The van der Waals surface area contributed by atoms with Crippen molar-refractivity contribution >= 4 is 33.1 Å². The van der Waals surface area contributed by atoms with E-state index < -0.39 is 6.36 Å². The van der Waals surface area contributed by atoms with Gasteiger partial charge in [-0.15, -0.1) is 24.5 Å². The van der Waals surface area contributed by atoms with Gasteiger partial charge < -0.3 is 10.1 Å². The van der Waals surface area contributed by atoms with Gasteiger partial charge in [-0.1, -0.05) is 12.1 Å². The van der Waals surface area contributed by atoms with Crippen molar-refractivity contribution in [3.63, 3.8) is 0 Å². The molecule has 0 saturated carbocycles. The molecule has 0 saturated heterocycles. The number of carbonyl (C=O) groups excluding carboxylic acids is 1. The van der Waals surface area contributed by atoms with Gasteiger partial charge in [0, 0.05) is 5.69 Å². The van der Waals surface area contributed by atoms with E-state index in [1.54, 1.807) is 18.4 Å². The molecule has 5 nitrogen and oxygen atoms in total. The Labute approximate surface area is 157 Å². The van der Waals surface area contributed by atoms with Crippen LogP contribution in [0.2, 0.25) is 0 Å². The summed E-state index contributed by atoms with van der Waals surface area (Å²) in [6, 6.07) is 12.8. The zero-order valence-corrected chi connectivity index (χ0v) is 15.1. The summed E-state index contributed by atoms with van der Waals surface area (Å²) in [4.78, 5) is 18.5. The number of amides is 1. The number of anilines is 1. The minimum atomic E-state index is -4.74. The Morgan fingerprint density at radius 2 is 1.89 bits per heavy atom. The van der Waals surface area contributed by atoms with Gasteiger partial charge in [-0.25, -0.2) is 4.98 Å². The first-order valence-electron chi connectivity index (χ1n) is 7.97. The average molecular weight is 395 g/mol. The number of alkyl halides is 3. The molecule has 0 aliphatic heterocycles. The summed E-state index contributed by atoms with van der Waals surface area (Å²) < 4.78 is 41.3. The molecule has 0 aliphatic rings. The Morgan fingerprint density at radius 1 is 1.19 bits per heavy atom. The van der Waals surface area contributed by atoms with Crippen molar-refractivity contribution in [2.45, 2.75) is 12.9 Å². The first-order chi connectivity index (χ1) is 12.8. The van der Waals surface area contributed by atoms with Crippen LogP contribution in [0.4, 0.5) is 18.9 Å². The number of thiazole rings is 1. The molecule has 27 heavy (non-hydrogen) atoms. The summed E-state index contributed by atoms with van der Waals surface area (Å²) >= 11 is 1.57. The van der Waals surface area contributed by atoms with Gasteiger partial charge in [-0.2, -0.15) is 0 Å². The molecule has 3 rings (SSSR count). The molecule has 0 fully saturated rings. The number of hydrogen-bond acceptors (Lipinski definition) is 5. The van der Waals surface area contributed by atoms with Gasteiger partial charge in [0.05, 0.1) is 23.3 Å². The van der Waals surface area contributed by atoms with Crippen molar-refractivity contribution < 1.29 is 22.7 Å². The minimum absolute atomic E-state index is 0.122. The van der Waals surface area contributed by atoms with Crippen LogP contribution in [0.1, 0.15) is 5.01 Å². The van der Waals surface area contributed by atoms with E-state index in [1.807, 2.05) is 29.2 Å². The first-order valence-corrected chi connectivity index (χ1v) is 8.79. The summed E-state index contributed by atoms with van der Waals surface area (Å²) in [5.74, 6) is -0.614. The van der Waals surface area contributed by atoms with Crippen LogP contribution < -0.4 is 10.1 Å². The maximum Gasteiger partial charge on any atom is 0.573 e. The van der Waals surface area contributed by atoms with Gasteiger partial charge >= 0.3 is 6.36 Å². The minimum Gasteiger partial charge on any atom is -0.406 e. The highest BCUT2D eigenvalue weighted by molar-refractivity contribution is 7.18. The highest BCUT2D eigenvalue weighted by atomic mass is 32.1. The maximum atomic E-state index is 12.1. The number of likely N-dealkylation sites (N-methyl/N-ethyl adjacent to an activating group) is 1. The van der Waals surface area contributed by atoms with Gasteiger partial charge in [0.15, 0.2) is 0 Å². The van der Waals surface area contributed by atoms with Crippen LogP contribution in [0, 0.1) is 0 Å². The number of aromatic nitrogens is 1. The SMILES string of the molecule is CN(CC(=O)Nc1ccc(OC(F)(F)F)cc1)Cc1nc2ccccc2s1. The zero-order chi connectivity index (χ0) is 19.4. The summed E-state index contributed by atoms with van der Waals surface area (Å²) in [6.45, 7) is 0.641. The number of carbonyl (C=O) groups is 1. The zero-order valence-electron chi connectivity index (χ0n) is 14.3. The third-order valence-corrected chi connectivity index (χ3v) is 4.55. The molecule has 1 heterocycles. The molecule has 0 radical (unpaired) electrons. The maximum absolute atomic E-state index is 12.1. The molecular formula is C18H16F3N3O2S. The summed E-state index contributed by atoms with van der Waals surface area (Å²) in [5.41, 5.74) is 1.32. The van der Waals surface area contributed by atoms with Gasteiger partial charge in [0.25, 0.3) is 0 Å². The fourth-order valence-corrected chi connectivity index (χ4v) is 3.51. The Hall–Kier alpha value is -2.65. The van der Waals surface area contributed by atoms with Crippen molar-refractivity contribution in [3.8, 4) is 5.75 Å². The predicted octanol–water partition coefficient (Wildman–Crippen LogP) is 4.27. The molecule has 0 atom stereocenters. The number of rotatable bonds is 6. The Bertz CT molecular complexity index is 892. The lowest BCUT2D eigenvalue weighted by molar-refractivity contribution is -0.274. The van der Waals surface area contributed by atoms with Crippen LogP contribution in [-0.2, 0) is 11.3 Å². The van der Waals surface area contributed by atoms with Crippen LogP contribution in [0.5, 0.6) is 5.75 Å². The van der Waals surface area contributed by atoms with Gasteiger partial charge in [0.1, 0.15) is 10.8 Å². The Balaban J connectivity index is 1.52. The van der Waals surface area contributed by atoms with Crippen molar-refractivity contribution in [2.24, 2.45) is 0 Å². The van der Waals surface area contributed by atoms with Crippen molar-refractivity contribution in [1.82, 2.24) is 9.88 Å². The second kappa shape index (κ2) is 7.93. The third-order valence-electron chi connectivity index (χ3n) is 3.53. The number of hydrogen-bond donors (Lipinski definition) is 1. The van der Waals surface area contributed by atoms with Crippen LogP contribution >= 0.6 is 11.3 Å². The number of ether oxygens (including phenoxy) is 1. The number of halogens is 3. The molecule has 0 unspecified atom stereocenters. The smallest absolute Gasteiger partial charge is 0.406 e. The monoisotopic (exact) mass is 395 g/mol. The molecule has 1 N–H and O–H groups in total. The van der Waals surface area contributed by atoms with E-state index in [0.29, 0.717) is 12.2 Å². The second-order valence-electron chi connectivity index (χ2n) is 5.87. The number of nitrogens with zero attached hydrogens (tertiary/aromatic N) is 2. The standard InChI is InChI=1S/C18H16F3N3O2S/c1-24(11-17-23-14-4-2-3-5-15(14)27-17)10-16(25)22-12-6-8-13(9-7-12)26-18(19,20)21/h2-9H,10-11H2,1H3,(H,22,25). The molecule has 0 aliphatic carbocycles. The van der Waals surface area contributed by atoms with E-state index in [-0.39, 0.29) is 18.2 Å². The van der Waals surface area contributed by atoms with E-state index in [1.165, 1.54) is 12.1 Å². The van der Waals surface area contributed by atoms with Crippen molar-refractivity contribution in [1.29, 1.82) is 0 Å². The fraction of sp³-hybridized carbons (Fsp3) is 0.222. The lowest BCUT2D eigenvalue weighted by atomic mass is 10.3. The molecule has 142 valence electrons. The van der Waals surface area contributed by atoms with E-state index >= 15 is 0 Å². The van der Waals surface area contributed by atoms with E-state index in [4.69, 9.17) is 0 Å².